The van der Waals surface area contributed by atoms with Crippen molar-refractivity contribution in [3.05, 3.63) is 0 Å². The third kappa shape index (κ3) is 3.87. The van der Waals surface area contributed by atoms with Crippen LogP contribution in [0.1, 0.15) is 20.3 Å². The Morgan fingerprint density at radius 3 is 2.79 bits per heavy atom. The molecule has 1 unspecified atom stereocenters. The van der Waals surface area contributed by atoms with Crippen molar-refractivity contribution in [1.29, 1.82) is 0 Å². The van der Waals surface area contributed by atoms with Gasteiger partial charge in [0.1, 0.15) is 6.17 Å². The molecule has 0 radical (unpaired) electrons. The summed E-state index contributed by atoms with van der Waals surface area (Å²) in [6, 6.07) is -0.219. The summed E-state index contributed by atoms with van der Waals surface area (Å²) < 4.78 is 19.6. The van der Waals surface area contributed by atoms with Crippen LogP contribution >= 0.6 is 0 Å². The number of likely N-dealkylation sites (tertiary alicyclic amines) is 1. The zero-order valence-electron chi connectivity index (χ0n) is 11.7. The molecule has 0 spiro atoms. The van der Waals surface area contributed by atoms with Crippen molar-refractivity contribution in [1.82, 2.24) is 15.5 Å². The van der Waals surface area contributed by atoms with E-state index in [1.807, 2.05) is 13.8 Å². The Kier molecular flexibility index (Phi) is 5.13. The maximum Gasteiger partial charge on any atom is 0.241 e. The number of halogens is 1. The molecule has 2 saturated heterocycles. The standard InChI is InChI=1S/C13H24FN3O2/c1-9(2)19-12-3-6-17(8-10(12)14)13(18)11-7-15-4-5-16-11/h9-12,15-16H,3-8H2,1-2H3/t10-,11?,12+/m1/s1. The molecule has 0 aromatic heterocycles. The molecule has 19 heavy (non-hydrogen) atoms. The van der Waals surface area contributed by atoms with Gasteiger partial charge in [-0.1, -0.05) is 0 Å². The van der Waals surface area contributed by atoms with Gasteiger partial charge in [-0.2, -0.15) is 0 Å². The maximum absolute atomic E-state index is 14.0. The second kappa shape index (κ2) is 6.63. The van der Waals surface area contributed by atoms with Crippen LogP contribution in [0.4, 0.5) is 4.39 Å². The van der Waals surface area contributed by atoms with E-state index < -0.39 is 6.17 Å². The molecule has 0 aromatic carbocycles. The summed E-state index contributed by atoms with van der Waals surface area (Å²) in [6.45, 7) is 6.81. The Hall–Kier alpha value is -0.720. The van der Waals surface area contributed by atoms with E-state index in [1.165, 1.54) is 0 Å². The molecule has 2 fully saturated rings. The molecule has 6 heteroatoms. The van der Waals surface area contributed by atoms with Crippen molar-refractivity contribution >= 4 is 5.91 Å². The van der Waals surface area contributed by atoms with E-state index in [1.54, 1.807) is 4.90 Å². The van der Waals surface area contributed by atoms with Gasteiger partial charge in [0.2, 0.25) is 5.91 Å². The van der Waals surface area contributed by atoms with Crippen LogP contribution in [0, 0.1) is 0 Å². The molecule has 2 heterocycles. The maximum atomic E-state index is 14.0. The molecular formula is C13H24FN3O2. The highest BCUT2D eigenvalue weighted by molar-refractivity contribution is 5.82. The second-order valence-electron chi connectivity index (χ2n) is 5.52. The van der Waals surface area contributed by atoms with E-state index in [0.29, 0.717) is 19.5 Å². The lowest BCUT2D eigenvalue weighted by Crippen LogP contribution is -2.59. The van der Waals surface area contributed by atoms with Crippen LogP contribution in [0.25, 0.3) is 0 Å². The van der Waals surface area contributed by atoms with Gasteiger partial charge in [-0.3, -0.25) is 4.79 Å². The largest absolute Gasteiger partial charge is 0.372 e. The van der Waals surface area contributed by atoms with Gasteiger partial charge in [-0.05, 0) is 20.3 Å². The van der Waals surface area contributed by atoms with Gasteiger partial charge in [0, 0.05) is 26.2 Å². The number of nitrogens with one attached hydrogen (secondary N) is 2. The van der Waals surface area contributed by atoms with Crippen LogP contribution in [-0.2, 0) is 9.53 Å². The van der Waals surface area contributed by atoms with Gasteiger partial charge in [0.15, 0.2) is 0 Å². The summed E-state index contributed by atoms with van der Waals surface area (Å²) in [6.07, 6.45) is -0.863. The number of piperazine rings is 1. The monoisotopic (exact) mass is 273 g/mol. The van der Waals surface area contributed by atoms with Crippen LogP contribution in [0.5, 0.6) is 0 Å². The zero-order valence-corrected chi connectivity index (χ0v) is 11.7. The first-order valence-corrected chi connectivity index (χ1v) is 7.10. The molecule has 5 nitrogen and oxygen atoms in total. The van der Waals surface area contributed by atoms with E-state index in [2.05, 4.69) is 10.6 Å². The minimum atomic E-state index is -1.09. The van der Waals surface area contributed by atoms with Gasteiger partial charge in [-0.25, -0.2) is 4.39 Å². The highest BCUT2D eigenvalue weighted by Crippen LogP contribution is 2.19. The van der Waals surface area contributed by atoms with Gasteiger partial charge in [-0.15, -0.1) is 0 Å². The zero-order chi connectivity index (χ0) is 13.8. The van der Waals surface area contributed by atoms with Gasteiger partial charge < -0.3 is 20.3 Å². The van der Waals surface area contributed by atoms with Crippen molar-refractivity contribution in [2.45, 2.75) is 44.7 Å². The molecule has 2 N–H and O–H groups in total. The number of alkyl halides is 1. The highest BCUT2D eigenvalue weighted by atomic mass is 19.1. The van der Waals surface area contributed by atoms with Crippen LogP contribution in [-0.4, -0.2) is 68.0 Å². The molecule has 3 atom stereocenters. The normalized spacial score (nSPS) is 32.6. The van der Waals surface area contributed by atoms with Gasteiger partial charge in [0.25, 0.3) is 0 Å². The molecule has 0 bridgehead atoms. The Morgan fingerprint density at radius 2 is 2.21 bits per heavy atom. The number of hydrogen-bond acceptors (Lipinski definition) is 4. The molecule has 110 valence electrons. The Labute approximate surface area is 113 Å². The Morgan fingerprint density at radius 1 is 1.42 bits per heavy atom. The van der Waals surface area contributed by atoms with E-state index >= 15 is 0 Å². The Balaban J connectivity index is 1.85. The first-order chi connectivity index (χ1) is 9.08. The number of piperidine rings is 1. The molecule has 2 aliphatic heterocycles. The molecule has 1 amide bonds. The number of nitrogens with zero attached hydrogens (tertiary/aromatic N) is 1. The Bertz CT molecular complexity index is 308. The lowest BCUT2D eigenvalue weighted by Gasteiger charge is -2.37. The molecule has 0 saturated carbocycles. The highest BCUT2D eigenvalue weighted by Gasteiger charge is 2.35. The molecule has 0 aliphatic carbocycles. The van der Waals surface area contributed by atoms with E-state index in [4.69, 9.17) is 4.74 Å². The van der Waals surface area contributed by atoms with Crippen LogP contribution in [0.2, 0.25) is 0 Å². The fourth-order valence-corrected chi connectivity index (χ4v) is 2.63. The fraction of sp³-hybridized carbons (Fsp3) is 0.923. The van der Waals surface area contributed by atoms with Crippen molar-refractivity contribution in [3.8, 4) is 0 Å². The number of rotatable bonds is 3. The minimum Gasteiger partial charge on any atom is -0.372 e. The second-order valence-corrected chi connectivity index (χ2v) is 5.52. The van der Waals surface area contributed by atoms with Gasteiger partial charge in [0.05, 0.1) is 24.8 Å². The van der Waals surface area contributed by atoms with E-state index in [0.717, 1.165) is 13.1 Å². The summed E-state index contributed by atoms with van der Waals surface area (Å²) in [5.41, 5.74) is 0. The number of amides is 1. The SMILES string of the molecule is CC(C)O[C@H]1CCN(C(=O)C2CNCCN2)C[C@H]1F. The number of ether oxygens (including phenoxy) is 1. The lowest BCUT2D eigenvalue weighted by atomic mass is 10.0. The predicted molar refractivity (Wildman–Crippen MR) is 70.8 cm³/mol. The summed E-state index contributed by atoms with van der Waals surface area (Å²) >= 11 is 0. The minimum absolute atomic E-state index is 0.00199. The van der Waals surface area contributed by atoms with Gasteiger partial charge >= 0.3 is 0 Å². The summed E-state index contributed by atoms with van der Waals surface area (Å²) in [4.78, 5) is 13.9. The summed E-state index contributed by atoms with van der Waals surface area (Å²) in [7, 11) is 0. The topological polar surface area (TPSA) is 53.6 Å². The quantitative estimate of drug-likeness (QED) is 0.755. The third-order valence-corrected chi connectivity index (χ3v) is 3.58. The predicted octanol–water partition coefficient (Wildman–Crippen LogP) is -0.0882. The molecular weight excluding hydrogens is 249 g/mol. The van der Waals surface area contributed by atoms with E-state index in [9.17, 15) is 9.18 Å². The molecule has 0 aromatic rings. The van der Waals surface area contributed by atoms with Crippen molar-refractivity contribution < 1.29 is 13.9 Å². The average Bonchev–Trinajstić information content (AvgIpc) is 2.41. The lowest BCUT2D eigenvalue weighted by molar-refractivity contribution is -0.140. The van der Waals surface area contributed by atoms with E-state index in [-0.39, 0.29) is 30.7 Å². The number of carbonyl (C=O) groups is 1. The van der Waals surface area contributed by atoms with Crippen molar-refractivity contribution in [3.63, 3.8) is 0 Å². The third-order valence-electron chi connectivity index (χ3n) is 3.58. The summed E-state index contributed by atoms with van der Waals surface area (Å²) in [5, 5.41) is 6.34. The van der Waals surface area contributed by atoms with Crippen LogP contribution in [0.15, 0.2) is 0 Å². The first kappa shape index (κ1) is 14.7. The van der Waals surface area contributed by atoms with Crippen LogP contribution in [0.3, 0.4) is 0 Å². The smallest absolute Gasteiger partial charge is 0.241 e. The first-order valence-electron chi connectivity index (χ1n) is 7.10. The summed E-state index contributed by atoms with van der Waals surface area (Å²) in [5.74, 6) is -0.00199. The molecule has 2 rings (SSSR count). The number of carbonyl (C=O) groups excluding carboxylic acids is 1. The fourth-order valence-electron chi connectivity index (χ4n) is 2.63. The average molecular weight is 273 g/mol. The van der Waals surface area contributed by atoms with Crippen molar-refractivity contribution in [2.75, 3.05) is 32.7 Å². The number of hydrogen-bond donors (Lipinski definition) is 2. The van der Waals surface area contributed by atoms with Crippen molar-refractivity contribution in [2.24, 2.45) is 0 Å². The molecule has 2 aliphatic rings. The van der Waals surface area contributed by atoms with Crippen LogP contribution < -0.4 is 10.6 Å².